The fourth-order valence-corrected chi connectivity index (χ4v) is 1.48. The van der Waals surface area contributed by atoms with Crippen molar-refractivity contribution in [3.63, 3.8) is 0 Å². The van der Waals surface area contributed by atoms with E-state index >= 15 is 0 Å². The van der Waals surface area contributed by atoms with E-state index in [1.807, 2.05) is 0 Å². The summed E-state index contributed by atoms with van der Waals surface area (Å²) in [4.78, 5) is 11.8. The Balaban J connectivity index is 2.76. The Morgan fingerprint density at radius 1 is 1.44 bits per heavy atom. The minimum atomic E-state index is -0.847. The first kappa shape index (κ1) is 13.0. The van der Waals surface area contributed by atoms with Crippen LogP contribution in [-0.4, -0.2) is 31.6 Å². The van der Waals surface area contributed by atoms with Crippen molar-refractivity contribution in [2.45, 2.75) is 33.0 Å². The van der Waals surface area contributed by atoms with Crippen molar-refractivity contribution in [1.29, 1.82) is 0 Å². The predicted molar refractivity (Wildman–Crippen MR) is 58.5 cm³/mol. The van der Waals surface area contributed by atoms with E-state index in [2.05, 4.69) is 5.92 Å². The van der Waals surface area contributed by atoms with E-state index in [0.29, 0.717) is 6.61 Å². The summed E-state index contributed by atoms with van der Waals surface area (Å²) in [5, 5.41) is 0. The lowest BCUT2D eigenvalue weighted by Crippen LogP contribution is -2.51. The number of terminal acetylenes is 1. The van der Waals surface area contributed by atoms with Crippen LogP contribution in [0.15, 0.2) is 0 Å². The van der Waals surface area contributed by atoms with E-state index in [9.17, 15) is 4.79 Å². The molecule has 0 saturated carbocycles. The van der Waals surface area contributed by atoms with Crippen LogP contribution >= 0.6 is 0 Å². The van der Waals surface area contributed by atoms with Crippen molar-refractivity contribution in [3.8, 4) is 12.3 Å². The molecule has 0 bridgehead atoms. The molecule has 1 rings (SSSR count). The number of rotatable bonds is 3. The van der Waals surface area contributed by atoms with Crippen molar-refractivity contribution in [2.75, 3.05) is 19.8 Å². The van der Waals surface area contributed by atoms with Gasteiger partial charge in [-0.15, -0.1) is 12.3 Å². The van der Waals surface area contributed by atoms with Crippen molar-refractivity contribution in [1.82, 2.24) is 0 Å². The minimum absolute atomic E-state index is 0.239. The monoisotopic (exact) mass is 226 g/mol. The number of hydrogen-bond acceptors (Lipinski definition) is 4. The van der Waals surface area contributed by atoms with E-state index in [-0.39, 0.29) is 25.6 Å². The van der Waals surface area contributed by atoms with Gasteiger partial charge in [0, 0.05) is 6.42 Å². The van der Waals surface area contributed by atoms with Gasteiger partial charge >= 0.3 is 5.97 Å². The molecule has 0 spiro atoms. The second-order valence-corrected chi connectivity index (χ2v) is 4.36. The van der Waals surface area contributed by atoms with Crippen LogP contribution in [0.4, 0.5) is 0 Å². The smallest absolute Gasteiger partial charge is 0.317 e. The molecule has 0 aliphatic carbocycles. The van der Waals surface area contributed by atoms with Gasteiger partial charge < -0.3 is 14.2 Å². The highest BCUT2D eigenvalue weighted by Gasteiger charge is 2.46. The van der Waals surface area contributed by atoms with E-state index in [1.54, 1.807) is 20.8 Å². The molecule has 0 aromatic rings. The second-order valence-electron chi connectivity index (χ2n) is 4.36. The van der Waals surface area contributed by atoms with Crippen LogP contribution in [0.2, 0.25) is 0 Å². The average molecular weight is 226 g/mol. The lowest BCUT2D eigenvalue weighted by molar-refractivity contribution is -0.283. The molecule has 0 radical (unpaired) electrons. The Bertz CT molecular complexity index is 291. The molecule has 0 aromatic carbocycles. The van der Waals surface area contributed by atoms with Crippen LogP contribution in [0.25, 0.3) is 0 Å². The third-order valence-corrected chi connectivity index (χ3v) is 2.54. The normalized spacial score (nSPS) is 22.1. The summed E-state index contributed by atoms with van der Waals surface area (Å²) >= 11 is 0. The van der Waals surface area contributed by atoms with Gasteiger partial charge in [-0.3, -0.25) is 4.79 Å². The molecule has 90 valence electrons. The van der Waals surface area contributed by atoms with Crippen molar-refractivity contribution < 1.29 is 19.0 Å². The number of carbonyl (C=O) groups excluding carboxylic acids is 1. The molecule has 4 heteroatoms. The fraction of sp³-hybridized carbons (Fsp3) is 0.750. The quantitative estimate of drug-likeness (QED) is 0.538. The summed E-state index contributed by atoms with van der Waals surface area (Å²) < 4.78 is 16.0. The van der Waals surface area contributed by atoms with Crippen LogP contribution in [0.5, 0.6) is 0 Å². The van der Waals surface area contributed by atoms with Gasteiger partial charge in [0.1, 0.15) is 5.41 Å². The van der Waals surface area contributed by atoms with Gasteiger partial charge in [-0.1, -0.05) is 0 Å². The number of ether oxygens (including phenoxy) is 3. The molecule has 1 saturated heterocycles. The van der Waals surface area contributed by atoms with Crippen LogP contribution in [-0.2, 0) is 19.0 Å². The molecule has 1 heterocycles. The lowest BCUT2D eigenvalue weighted by atomic mass is 9.85. The second kappa shape index (κ2) is 4.86. The van der Waals surface area contributed by atoms with Crippen molar-refractivity contribution in [3.05, 3.63) is 0 Å². The molecular formula is C12H18O4. The molecule has 16 heavy (non-hydrogen) atoms. The zero-order valence-corrected chi connectivity index (χ0v) is 10.0. The summed E-state index contributed by atoms with van der Waals surface area (Å²) in [5.74, 6) is 1.48. The zero-order valence-electron chi connectivity index (χ0n) is 10.0. The van der Waals surface area contributed by atoms with Crippen molar-refractivity contribution >= 4 is 5.97 Å². The van der Waals surface area contributed by atoms with Gasteiger partial charge in [-0.2, -0.15) is 0 Å². The molecule has 0 unspecified atom stereocenters. The highest BCUT2D eigenvalue weighted by molar-refractivity contribution is 5.77. The van der Waals surface area contributed by atoms with Crippen LogP contribution in [0, 0.1) is 17.8 Å². The molecule has 1 aliphatic rings. The Kier molecular flexibility index (Phi) is 3.95. The molecule has 0 N–H and O–H groups in total. The number of carbonyl (C=O) groups is 1. The van der Waals surface area contributed by atoms with Gasteiger partial charge in [0.05, 0.1) is 19.8 Å². The summed E-state index contributed by atoms with van der Waals surface area (Å²) in [6.45, 7) is 6.17. The summed E-state index contributed by atoms with van der Waals surface area (Å²) in [6.07, 6.45) is 5.54. The van der Waals surface area contributed by atoms with E-state index in [4.69, 9.17) is 20.6 Å². The predicted octanol–water partition coefficient (Wildman–Crippen LogP) is 1.34. The Morgan fingerprint density at radius 2 is 2.00 bits per heavy atom. The molecule has 1 aliphatic heterocycles. The van der Waals surface area contributed by atoms with Gasteiger partial charge in [0.25, 0.3) is 0 Å². The molecule has 0 atom stereocenters. The molecular weight excluding hydrogens is 208 g/mol. The van der Waals surface area contributed by atoms with Crippen LogP contribution < -0.4 is 0 Å². The molecule has 1 fully saturated rings. The SMILES string of the molecule is C#CCC1(C(=O)OCC)COC(C)(C)OC1. The maximum absolute atomic E-state index is 11.8. The Hall–Kier alpha value is -1.05. The van der Waals surface area contributed by atoms with E-state index < -0.39 is 11.2 Å². The van der Waals surface area contributed by atoms with Crippen molar-refractivity contribution in [2.24, 2.45) is 5.41 Å². The summed E-state index contributed by atoms with van der Waals surface area (Å²) in [5.41, 5.74) is -0.847. The topological polar surface area (TPSA) is 44.8 Å². The van der Waals surface area contributed by atoms with Gasteiger partial charge in [0.15, 0.2) is 5.79 Å². The fourth-order valence-electron chi connectivity index (χ4n) is 1.48. The Morgan fingerprint density at radius 3 is 2.44 bits per heavy atom. The standard InChI is InChI=1S/C12H18O4/c1-5-7-12(10(13)14-6-2)8-15-11(3,4)16-9-12/h1H,6-9H2,2-4H3. The number of esters is 1. The maximum atomic E-state index is 11.8. The highest BCUT2D eigenvalue weighted by atomic mass is 16.7. The first-order chi connectivity index (χ1) is 7.46. The minimum Gasteiger partial charge on any atom is -0.465 e. The Labute approximate surface area is 96.2 Å². The average Bonchev–Trinajstić information content (AvgIpc) is 2.22. The summed E-state index contributed by atoms with van der Waals surface area (Å²) in [7, 11) is 0. The van der Waals surface area contributed by atoms with Crippen LogP contribution in [0.3, 0.4) is 0 Å². The highest BCUT2D eigenvalue weighted by Crippen LogP contribution is 2.33. The third kappa shape index (κ3) is 2.75. The lowest BCUT2D eigenvalue weighted by Gasteiger charge is -2.40. The summed E-state index contributed by atoms with van der Waals surface area (Å²) in [6, 6.07) is 0. The van der Waals surface area contributed by atoms with Crippen LogP contribution in [0.1, 0.15) is 27.2 Å². The number of hydrogen-bond donors (Lipinski definition) is 0. The van der Waals surface area contributed by atoms with E-state index in [0.717, 1.165) is 0 Å². The first-order valence-corrected chi connectivity index (χ1v) is 5.34. The molecule has 4 nitrogen and oxygen atoms in total. The van der Waals surface area contributed by atoms with Gasteiger partial charge in [-0.05, 0) is 20.8 Å². The van der Waals surface area contributed by atoms with E-state index in [1.165, 1.54) is 0 Å². The molecule has 0 aromatic heterocycles. The van der Waals surface area contributed by atoms with Gasteiger partial charge in [-0.25, -0.2) is 0 Å². The zero-order chi connectivity index (χ0) is 12.2. The van der Waals surface area contributed by atoms with Gasteiger partial charge in [0.2, 0.25) is 0 Å². The third-order valence-electron chi connectivity index (χ3n) is 2.54. The maximum Gasteiger partial charge on any atom is 0.317 e. The largest absolute Gasteiger partial charge is 0.465 e. The first-order valence-electron chi connectivity index (χ1n) is 5.34. The molecule has 0 amide bonds.